The van der Waals surface area contributed by atoms with Crippen molar-refractivity contribution in [2.24, 2.45) is 0 Å². The van der Waals surface area contributed by atoms with Crippen molar-refractivity contribution in [3.8, 4) is 0 Å². The summed E-state index contributed by atoms with van der Waals surface area (Å²) in [5.41, 5.74) is 2.36. The molecule has 1 unspecified atom stereocenters. The number of anilines is 1. The summed E-state index contributed by atoms with van der Waals surface area (Å²) < 4.78 is 2.24. The van der Waals surface area contributed by atoms with Crippen molar-refractivity contribution in [2.45, 2.75) is 52.1 Å². The molecule has 0 saturated carbocycles. The van der Waals surface area contributed by atoms with Gasteiger partial charge in [-0.3, -0.25) is 0 Å². The lowest BCUT2D eigenvalue weighted by Crippen LogP contribution is -2.40. The lowest BCUT2D eigenvalue weighted by molar-refractivity contribution is 0.446. The van der Waals surface area contributed by atoms with Crippen LogP contribution < -0.4 is 10.2 Å². The number of nitrogens with one attached hydrogen (secondary N) is 1. The number of hydrogen-bond donors (Lipinski definition) is 1. The van der Waals surface area contributed by atoms with E-state index in [1.807, 2.05) is 0 Å². The third kappa shape index (κ3) is 2.77. The largest absolute Gasteiger partial charge is 0.352 e. The van der Waals surface area contributed by atoms with Crippen molar-refractivity contribution in [3.05, 3.63) is 30.1 Å². The Kier molecular flexibility index (Phi) is 4.44. The molecule has 21 heavy (non-hydrogen) atoms. The van der Waals surface area contributed by atoms with E-state index in [2.05, 4.69) is 52.9 Å². The molecular weight excluding hydrogens is 260 g/mol. The quantitative estimate of drug-likeness (QED) is 0.916. The Bertz CT molecular complexity index is 589. The van der Waals surface area contributed by atoms with Crippen LogP contribution in [0.4, 0.5) is 5.82 Å². The van der Waals surface area contributed by atoms with Gasteiger partial charge in [-0.05, 0) is 44.4 Å². The second kappa shape index (κ2) is 6.48. The van der Waals surface area contributed by atoms with Crippen molar-refractivity contribution in [1.29, 1.82) is 0 Å². The van der Waals surface area contributed by atoms with Crippen LogP contribution in [-0.4, -0.2) is 28.5 Å². The van der Waals surface area contributed by atoms with E-state index in [1.165, 1.54) is 37.2 Å². The van der Waals surface area contributed by atoms with Crippen molar-refractivity contribution in [2.75, 3.05) is 18.0 Å². The van der Waals surface area contributed by atoms with Gasteiger partial charge in [0.15, 0.2) is 5.82 Å². The smallest absolute Gasteiger partial charge is 0.152 e. The molecule has 1 saturated heterocycles. The summed E-state index contributed by atoms with van der Waals surface area (Å²) in [7, 11) is 0. The zero-order chi connectivity index (χ0) is 14.7. The molecule has 0 bridgehead atoms. The summed E-state index contributed by atoms with van der Waals surface area (Å²) in [4.78, 5) is 7.48. The van der Waals surface area contributed by atoms with Crippen LogP contribution in [0.2, 0.25) is 0 Å². The molecule has 1 N–H and O–H groups in total. The number of hydrogen-bond acceptors (Lipinski definition) is 3. The molecular formula is C17H26N4. The summed E-state index contributed by atoms with van der Waals surface area (Å²) >= 11 is 0. The Morgan fingerprint density at radius 3 is 3.00 bits per heavy atom. The maximum Gasteiger partial charge on any atom is 0.152 e. The molecule has 3 heterocycles. The average molecular weight is 286 g/mol. The standard InChI is InChI=1S/C17H26N4/c1-3-14-9-5-7-11-20(14)17-15(13-18-4-2)21-12-8-6-10-16(21)19-17/h6,8,10,12,14,18H,3-5,7,9,11,13H2,1-2H3. The molecule has 4 nitrogen and oxygen atoms in total. The van der Waals surface area contributed by atoms with Crippen LogP contribution in [0.15, 0.2) is 24.4 Å². The van der Waals surface area contributed by atoms with E-state index in [0.29, 0.717) is 6.04 Å². The van der Waals surface area contributed by atoms with Gasteiger partial charge >= 0.3 is 0 Å². The summed E-state index contributed by atoms with van der Waals surface area (Å²) in [5.74, 6) is 1.19. The predicted octanol–water partition coefficient (Wildman–Crippen LogP) is 3.21. The third-order valence-electron chi connectivity index (χ3n) is 4.52. The number of pyridine rings is 1. The summed E-state index contributed by atoms with van der Waals surface area (Å²) in [6.45, 7) is 7.45. The highest BCUT2D eigenvalue weighted by atomic mass is 15.3. The molecule has 4 heteroatoms. The van der Waals surface area contributed by atoms with Crippen molar-refractivity contribution < 1.29 is 0 Å². The van der Waals surface area contributed by atoms with E-state index in [-0.39, 0.29) is 0 Å². The normalized spacial score (nSPS) is 19.3. The average Bonchev–Trinajstić information content (AvgIpc) is 2.91. The van der Waals surface area contributed by atoms with Gasteiger partial charge in [-0.1, -0.05) is 19.9 Å². The minimum absolute atomic E-state index is 0.643. The molecule has 0 amide bonds. The molecule has 1 aliphatic heterocycles. The summed E-state index contributed by atoms with van der Waals surface area (Å²) in [6.07, 6.45) is 7.26. The lowest BCUT2D eigenvalue weighted by atomic mass is 10.00. The fourth-order valence-corrected chi connectivity index (χ4v) is 3.38. The molecule has 0 aromatic carbocycles. The van der Waals surface area contributed by atoms with Crippen LogP contribution in [0.3, 0.4) is 0 Å². The number of rotatable bonds is 5. The fourth-order valence-electron chi connectivity index (χ4n) is 3.38. The Morgan fingerprint density at radius 1 is 1.29 bits per heavy atom. The SMILES string of the molecule is CCNCc1c(N2CCCCC2CC)nc2ccccn12. The van der Waals surface area contributed by atoms with Gasteiger partial charge < -0.3 is 14.6 Å². The van der Waals surface area contributed by atoms with E-state index >= 15 is 0 Å². The first-order valence-electron chi connectivity index (χ1n) is 8.28. The van der Waals surface area contributed by atoms with Crippen molar-refractivity contribution >= 4 is 11.5 Å². The molecule has 1 aliphatic rings. The first-order valence-corrected chi connectivity index (χ1v) is 8.28. The predicted molar refractivity (Wildman–Crippen MR) is 87.8 cm³/mol. The highest BCUT2D eigenvalue weighted by Gasteiger charge is 2.26. The lowest BCUT2D eigenvalue weighted by Gasteiger charge is -2.36. The number of aromatic nitrogens is 2. The number of piperidine rings is 1. The molecule has 0 radical (unpaired) electrons. The summed E-state index contributed by atoms with van der Waals surface area (Å²) in [6, 6.07) is 6.89. The third-order valence-corrected chi connectivity index (χ3v) is 4.52. The molecule has 1 fully saturated rings. The zero-order valence-electron chi connectivity index (χ0n) is 13.2. The monoisotopic (exact) mass is 286 g/mol. The van der Waals surface area contributed by atoms with Gasteiger partial charge in [0, 0.05) is 25.3 Å². The molecule has 3 rings (SSSR count). The Balaban J connectivity index is 2.02. The Morgan fingerprint density at radius 2 is 2.19 bits per heavy atom. The second-order valence-corrected chi connectivity index (χ2v) is 5.84. The van der Waals surface area contributed by atoms with Gasteiger partial charge in [-0.2, -0.15) is 0 Å². The van der Waals surface area contributed by atoms with Gasteiger partial charge in [0.1, 0.15) is 5.65 Å². The number of nitrogens with zero attached hydrogens (tertiary/aromatic N) is 3. The molecule has 2 aromatic heterocycles. The van der Waals surface area contributed by atoms with E-state index in [1.54, 1.807) is 0 Å². The summed E-state index contributed by atoms with van der Waals surface area (Å²) in [5, 5.41) is 3.47. The Labute approximate surface area is 127 Å². The topological polar surface area (TPSA) is 32.6 Å². The minimum Gasteiger partial charge on any atom is -0.352 e. The van der Waals surface area contributed by atoms with E-state index in [9.17, 15) is 0 Å². The van der Waals surface area contributed by atoms with E-state index < -0.39 is 0 Å². The number of fused-ring (bicyclic) bond motifs is 1. The van der Waals surface area contributed by atoms with E-state index in [4.69, 9.17) is 4.98 Å². The van der Waals surface area contributed by atoms with Crippen molar-refractivity contribution in [3.63, 3.8) is 0 Å². The molecule has 114 valence electrons. The number of imidazole rings is 1. The Hall–Kier alpha value is -1.55. The van der Waals surface area contributed by atoms with Crippen LogP contribution in [0.1, 0.15) is 45.2 Å². The minimum atomic E-state index is 0.643. The first-order chi connectivity index (χ1) is 10.3. The molecule has 1 atom stereocenters. The molecule has 0 aliphatic carbocycles. The highest BCUT2D eigenvalue weighted by Crippen LogP contribution is 2.29. The second-order valence-electron chi connectivity index (χ2n) is 5.84. The van der Waals surface area contributed by atoms with Gasteiger partial charge in [-0.25, -0.2) is 4.98 Å². The van der Waals surface area contributed by atoms with Gasteiger partial charge in [0.05, 0.1) is 5.69 Å². The van der Waals surface area contributed by atoms with Gasteiger partial charge in [0.25, 0.3) is 0 Å². The molecule has 0 spiro atoms. The van der Waals surface area contributed by atoms with Crippen molar-refractivity contribution in [1.82, 2.24) is 14.7 Å². The zero-order valence-corrected chi connectivity index (χ0v) is 13.2. The van der Waals surface area contributed by atoms with Crippen LogP contribution in [0, 0.1) is 0 Å². The first kappa shape index (κ1) is 14.4. The molecule has 2 aromatic rings. The maximum atomic E-state index is 4.94. The van der Waals surface area contributed by atoms with Gasteiger partial charge in [0.2, 0.25) is 0 Å². The maximum absolute atomic E-state index is 4.94. The highest BCUT2D eigenvalue weighted by molar-refractivity contribution is 5.56. The van der Waals surface area contributed by atoms with Crippen LogP contribution >= 0.6 is 0 Å². The van der Waals surface area contributed by atoms with Crippen LogP contribution in [-0.2, 0) is 6.54 Å². The van der Waals surface area contributed by atoms with Crippen LogP contribution in [0.25, 0.3) is 5.65 Å². The van der Waals surface area contributed by atoms with E-state index in [0.717, 1.165) is 25.3 Å². The fraction of sp³-hybridized carbons (Fsp3) is 0.588. The van der Waals surface area contributed by atoms with Crippen LogP contribution in [0.5, 0.6) is 0 Å². The van der Waals surface area contributed by atoms with Gasteiger partial charge in [-0.15, -0.1) is 0 Å².